The Bertz CT molecular complexity index is 672. The predicted molar refractivity (Wildman–Crippen MR) is 66.3 cm³/mol. The summed E-state index contributed by atoms with van der Waals surface area (Å²) in [5.74, 6) is 1.03. The number of aromatic amines is 1. The fourth-order valence-electron chi connectivity index (χ4n) is 1.79. The average Bonchev–Trinajstić information content (AvgIpc) is 2.74. The molecular formula is C12H11N5. The Morgan fingerprint density at radius 1 is 1.06 bits per heavy atom. The standard InChI is InChI=1S/C12H11N5/c1-7-9-11(17-12(13)14-7)16-10(15-9)8-5-3-2-4-6-8/h2-6H,1H3,(H3,13,14,15,16,17). The van der Waals surface area contributed by atoms with Crippen molar-refractivity contribution in [2.24, 2.45) is 0 Å². The van der Waals surface area contributed by atoms with E-state index in [4.69, 9.17) is 5.73 Å². The second-order valence-corrected chi connectivity index (χ2v) is 3.82. The Kier molecular flexibility index (Phi) is 2.04. The molecule has 0 amide bonds. The molecule has 0 radical (unpaired) electrons. The topological polar surface area (TPSA) is 80.5 Å². The lowest BCUT2D eigenvalue weighted by Crippen LogP contribution is -1.96. The van der Waals surface area contributed by atoms with Crippen LogP contribution in [-0.2, 0) is 0 Å². The Morgan fingerprint density at radius 2 is 1.82 bits per heavy atom. The van der Waals surface area contributed by atoms with Gasteiger partial charge in [0.05, 0.1) is 5.69 Å². The maximum atomic E-state index is 5.60. The molecule has 84 valence electrons. The molecule has 0 aliphatic carbocycles. The number of hydrogen-bond acceptors (Lipinski definition) is 4. The molecule has 2 aromatic heterocycles. The van der Waals surface area contributed by atoms with Crippen LogP contribution in [0.4, 0.5) is 5.95 Å². The number of fused-ring (bicyclic) bond motifs is 1. The van der Waals surface area contributed by atoms with Gasteiger partial charge in [0.2, 0.25) is 5.95 Å². The number of nitrogen functional groups attached to an aromatic ring is 1. The van der Waals surface area contributed by atoms with Crippen molar-refractivity contribution >= 4 is 17.1 Å². The lowest BCUT2D eigenvalue weighted by atomic mass is 10.2. The summed E-state index contributed by atoms with van der Waals surface area (Å²) in [6.07, 6.45) is 0. The van der Waals surface area contributed by atoms with Crippen LogP contribution < -0.4 is 5.73 Å². The second kappa shape index (κ2) is 3.55. The molecule has 0 bridgehead atoms. The number of anilines is 1. The Balaban J connectivity index is 2.24. The van der Waals surface area contributed by atoms with Gasteiger partial charge in [-0.25, -0.2) is 9.97 Å². The molecule has 0 saturated heterocycles. The van der Waals surface area contributed by atoms with Crippen LogP contribution in [0.1, 0.15) is 5.69 Å². The monoisotopic (exact) mass is 225 g/mol. The van der Waals surface area contributed by atoms with Crippen LogP contribution in [0.2, 0.25) is 0 Å². The van der Waals surface area contributed by atoms with Crippen LogP contribution in [0.3, 0.4) is 0 Å². The largest absolute Gasteiger partial charge is 0.368 e. The van der Waals surface area contributed by atoms with E-state index in [1.54, 1.807) is 0 Å². The van der Waals surface area contributed by atoms with E-state index in [-0.39, 0.29) is 5.95 Å². The van der Waals surface area contributed by atoms with E-state index < -0.39 is 0 Å². The summed E-state index contributed by atoms with van der Waals surface area (Å²) < 4.78 is 0. The van der Waals surface area contributed by atoms with Crippen molar-refractivity contribution in [2.45, 2.75) is 6.92 Å². The molecule has 0 aliphatic rings. The van der Waals surface area contributed by atoms with Crippen LogP contribution in [0.25, 0.3) is 22.6 Å². The van der Waals surface area contributed by atoms with Crippen molar-refractivity contribution in [2.75, 3.05) is 5.73 Å². The van der Waals surface area contributed by atoms with Gasteiger partial charge in [-0.1, -0.05) is 30.3 Å². The third kappa shape index (κ3) is 1.61. The first kappa shape index (κ1) is 9.77. The third-order valence-electron chi connectivity index (χ3n) is 2.60. The van der Waals surface area contributed by atoms with Gasteiger partial charge in [-0.3, -0.25) is 0 Å². The molecule has 0 aliphatic heterocycles. The van der Waals surface area contributed by atoms with Gasteiger partial charge < -0.3 is 10.7 Å². The molecule has 0 spiro atoms. The summed E-state index contributed by atoms with van der Waals surface area (Å²) >= 11 is 0. The minimum Gasteiger partial charge on any atom is -0.368 e. The van der Waals surface area contributed by atoms with Crippen LogP contribution in [-0.4, -0.2) is 19.9 Å². The van der Waals surface area contributed by atoms with Gasteiger partial charge in [0.1, 0.15) is 11.3 Å². The van der Waals surface area contributed by atoms with E-state index in [1.807, 2.05) is 37.3 Å². The highest BCUT2D eigenvalue weighted by Gasteiger charge is 2.09. The van der Waals surface area contributed by atoms with Crippen molar-refractivity contribution in [3.63, 3.8) is 0 Å². The van der Waals surface area contributed by atoms with Gasteiger partial charge in [0.25, 0.3) is 0 Å². The van der Waals surface area contributed by atoms with E-state index in [2.05, 4.69) is 19.9 Å². The van der Waals surface area contributed by atoms with Gasteiger partial charge in [-0.15, -0.1) is 0 Å². The summed E-state index contributed by atoms with van der Waals surface area (Å²) in [6.45, 7) is 1.88. The lowest BCUT2D eigenvalue weighted by Gasteiger charge is -1.94. The molecule has 5 nitrogen and oxygen atoms in total. The third-order valence-corrected chi connectivity index (χ3v) is 2.60. The molecule has 1 aromatic carbocycles. The lowest BCUT2D eigenvalue weighted by molar-refractivity contribution is 1.15. The number of nitrogens with two attached hydrogens (primary N) is 1. The molecule has 2 heterocycles. The van der Waals surface area contributed by atoms with Gasteiger partial charge in [-0.2, -0.15) is 4.98 Å². The van der Waals surface area contributed by atoms with Gasteiger partial charge in [0.15, 0.2) is 5.65 Å². The first-order chi connectivity index (χ1) is 8.24. The Morgan fingerprint density at radius 3 is 2.59 bits per heavy atom. The van der Waals surface area contributed by atoms with E-state index in [1.165, 1.54) is 0 Å². The maximum Gasteiger partial charge on any atom is 0.222 e. The van der Waals surface area contributed by atoms with Crippen molar-refractivity contribution < 1.29 is 0 Å². The molecule has 0 saturated carbocycles. The molecule has 3 N–H and O–H groups in total. The molecule has 3 rings (SSSR count). The van der Waals surface area contributed by atoms with Crippen molar-refractivity contribution in [1.29, 1.82) is 0 Å². The molecular weight excluding hydrogens is 214 g/mol. The number of nitrogens with one attached hydrogen (secondary N) is 1. The Labute approximate surface area is 97.7 Å². The summed E-state index contributed by atoms with van der Waals surface area (Å²) in [7, 11) is 0. The highest BCUT2D eigenvalue weighted by atomic mass is 15.1. The molecule has 3 aromatic rings. The van der Waals surface area contributed by atoms with E-state index in [9.17, 15) is 0 Å². The predicted octanol–water partition coefficient (Wildman–Crippen LogP) is 1.91. The highest BCUT2D eigenvalue weighted by molar-refractivity contribution is 5.78. The average molecular weight is 225 g/mol. The van der Waals surface area contributed by atoms with Crippen molar-refractivity contribution in [1.82, 2.24) is 19.9 Å². The van der Waals surface area contributed by atoms with Crippen LogP contribution in [0, 0.1) is 6.92 Å². The van der Waals surface area contributed by atoms with Gasteiger partial charge >= 0.3 is 0 Å². The zero-order valence-corrected chi connectivity index (χ0v) is 9.31. The minimum atomic E-state index is 0.251. The van der Waals surface area contributed by atoms with Crippen LogP contribution in [0.5, 0.6) is 0 Å². The van der Waals surface area contributed by atoms with Crippen LogP contribution in [0.15, 0.2) is 30.3 Å². The number of H-pyrrole nitrogens is 1. The highest BCUT2D eigenvalue weighted by Crippen LogP contribution is 2.20. The Hall–Kier alpha value is -2.43. The number of nitrogens with zero attached hydrogens (tertiary/aromatic N) is 3. The first-order valence-corrected chi connectivity index (χ1v) is 5.29. The SMILES string of the molecule is Cc1nc(N)nc2nc(-c3ccccc3)[nH]c12. The number of aryl methyl sites for hydroxylation is 1. The van der Waals surface area contributed by atoms with Crippen LogP contribution >= 0.6 is 0 Å². The summed E-state index contributed by atoms with van der Waals surface area (Å²) in [4.78, 5) is 15.8. The van der Waals surface area contributed by atoms with E-state index in [0.29, 0.717) is 5.65 Å². The summed E-state index contributed by atoms with van der Waals surface area (Å²) in [6, 6.07) is 9.88. The number of aromatic nitrogens is 4. The van der Waals surface area contributed by atoms with Gasteiger partial charge in [0, 0.05) is 5.56 Å². The molecule has 0 fully saturated rings. The molecule has 0 unspecified atom stereocenters. The van der Waals surface area contributed by atoms with Crippen molar-refractivity contribution in [3.05, 3.63) is 36.0 Å². The fraction of sp³-hybridized carbons (Fsp3) is 0.0833. The number of imidazole rings is 1. The summed E-state index contributed by atoms with van der Waals surface area (Å²) in [5, 5.41) is 0. The molecule has 0 atom stereocenters. The quantitative estimate of drug-likeness (QED) is 0.663. The van der Waals surface area contributed by atoms with E-state index >= 15 is 0 Å². The number of rotatable bonds is 1. The number of benzene rings is 1. The normalized spacial score (nSPS) is 10.9. The molecule has 17 heavy (non-hydrogen) atoms. The second-order valence-electron chi connectivity index (χ2n) is 3.82. The fourth-order valence-corrected chi connectivity index (χ4v) is 1.79. The van der Waals surface area contributed by atoms with Gasteiger partial charge in [-0.05, 0) is 6.92 Å². The molecule has 5 heteroatoms. The summed E-state index contributed by atoms with van der Waals surface area (Å²) in [5.41, 5.74) is 8.86. The zero-order valence-electron chi connectivity index (χ0n) is 9.31. The van der Waals surface area contributed by atoms with Crippen molar-refractivity contribution in [3.8, 4) is 11.4 Å². The zero-order chi connectivity index (χ0) is 11.8. The number of hydrogen-bond donors (Lipinski definition) is 2. The van der Waals surface area contributed by atoms with E-state index in [0.717, 1.165) is 22.6 Å². The maximum absolute atomic E-state index is 5.60. The first-order valence-electron chi connectivity index (χ1n) is 5.29. The minimum absolute atomic E-state index is 0.251. The smallest absolute Gasteiger partial charge is 0.222 e.